The lowest BCUT2D eigenvalue weighted by atomic mass is 10.1. The maximum absolute atomic E-state index is 12.7. The van der Waals surface area contributed by atoms with E-state index in [2.05, 4.69) is 52.5 Å². The van der Waals surface area contributed by atoms with Crippen LogP contribution in [0.25, 0.3) is 0 Å². The molecule has 1 atom stereocenters. The van der Waals surface area contributed by atoms with Crippen LogP contribution in [-0.2, 0) is 9.53 Å². The van der Waals surface area contributed by atoms with Crippen molar-refractivity contribution < 1.29 is 9.53 Å². The standard InChI is InChI=1S/C21H29N5O2S2/c1-15-5-3-7-18(16(15)2)25-8-10-26(11-9-25)19(27)14-29-21-24-23-20(30-21)22-13-17-6-4-12-28-17/h3,5,7,17H,4,6,8-14H2,1-2H3,(H,22,23). The fourth-order valence-corrected chi connectivity index (χ4v) is 5.50. The van der Waals surface area contributed by atoms with Gasteiger partial charge in [-0.3, -0.25) is 4.79 Å². The summed E-state index contributed by atoms with van der Waals surface area (Å²) in [4.78, 5) is 17.0. The molecule has 30 heavy (non-hydrogen) atoms. The summed E-state index contributed by atoms with van der Waals surface area (Å²) < 4.78 is 6.44. The predicted octanol–water partition coefficient (Wildman–Crippen LogP) is 3.19. The molecule has 2 aliphatic rings. The molecule has 0 saturated carbocycles. The molecule has 1 amide bonds. The van der Waals surface area contributed by atoms with Crippen LogP contribution in [0.1, 0.15) is 24.0 Å². The van der Waals surface area contributed by atoms with Crippen LogP contribution >= 0.6 is 23.1 Å². The molecule has 0 radical (unpaired) electrons. The normalized spacial score (nSPS) is 19.3. The van der Waals surface area contributed by atoms with E-state index in [1.165, 1.54) is 39.9 Å². The lowest BCUT2D eigenvalue weighted by Crippen LogP contribution is -2.49. The molecule has 4 rings (SSSR count). The molecule has 2 fully saturated rings. The number of carbonyl (C=O) groups is 1. The number of rotatable bonds is 7. The van der Waals surface area contributed by atoms with Crippen LogP contribution in [0.4, 0.5) is 10.8 Å². The van der Waals surface area contributed by atoms with Gasteiger partial charge in [0.2, 0.25) is 11.0 Å². The number of aromatic nitrogens is 2. The van der Waals surface area contributed by atoms with Crippen molar-refractivity contribution in [1.82, 2.24) is 15.1 Å². The summed E-state index contributed by atoms with van der Waals surface area (Å²) in [5.74, 6) is 0.578. The van der Waals surface area contributed by atoms with E-state index in [1.54, 1.807) is 0 Å². The third-order valence-electron chi connectivity index (χ3n) is 5.78. The number of hydrogen-bond acceptors (Lipinski definition) is 8. The zero-order valence-corrected chi connectivity index (χ0v) is 19.2. The van der Waals surface area contributed by atoms with E-state index in [-0.39, 0.29) is 12.0 Å². The second kappa shape index (κ2) is 9.98. The van der Waals surface area contributed by atoms with Crippen LogP contribution in [0.2, 0.25) is 0 Å². The molecule has 0 spiro atoms. The summed E-state index contributed by atoms with van der Waals surface area (Å²) in [6, 6.07) is 6.43. The molecule has 0 aliphatic carbocycles. The van der Waals surface area contributed by atoms with Gasteiger partial charge in [-0.05, 0) is 43.9 Å². The maximum Gasteiger partial charge on any atom is 0.233 e. The topological polar surface area (TPSA) is 70.6 Å². The summed E-state index contributed by atoms with van der Waals surface area (Å²) in [6.07, 6.45) is 2.50. The summed E-state index contributed by atoms with van der Waals surface area (Å²) in [6.45, 7) is 9.20. The van der Waals surface area contributed by atoms with Crippen molar-refractivity contribution >= 4 is 39.8 Å². The third kappa shape index (κ3) is 5.25. The number of benzene rings is 1. The first kappa shape index (κ1) is 21.4. The highest BCUT2D eigenvalue weighted by atomic mass is 32.2. The van der Waals surface area contributed by atoms with Gasteiger partial charge in [0.15, 0.2) is 4.34 Å². The number of hydrogen-bond donors (Lipinski definition) is 1. The smallest absolute Gasteiger partial charge is 0.233 e. The lowest BCUT2D eigenvalue weighted by molar-refractivity contribution is -0.128. The van der Waals surface area contributed by atoms with Crippen molar-refractivity contribution in [2.24, 2.45) is 0 Å². The van der Waals surface area contributed by atoms with Crippen LogP contribution < -0.4 is 10.2 Å². The zero-order chi connectivity index (χ0) is 20.9. The van der Waals surface area contributed by atoms with Gasteiger partial charge >= 0.3 is 0 Å². The molecule has 7 nitrogen and oxygen atoms in total. The molecule has 1 N–H and O–H groups in total. The molecule has 1 aromatic carbocycles. The number of piperazine rings is 1. The molecule has 1 unspecified atom stereocenters. The van der Waals surface area contributed by atoms with Gasteiger partial charge in [-0.1, -0.05) is 35.2 Å². The van der Waals surface area contributed by atoms with Crippen LogP contribution in [0.15, 0.2) is 22.5 Å². The Balaban J connectivity index is 1.21. The van der Waals surface area contributed by atoms with Gasteiger partial charge < -0.3 is 19.9 Å². The Hall–Kier alpha value is -1.84. The highest BCUT2D eigenvalue weighted by molar-refractivity contribution is 8.01. The number of aryl methyl sites for hydroxylation is 1. The molecule has 2 aromatic rings. The van der Waals surface area contributed by atoms with Crippen LogP contribution in [0.5, 0.6) is 0 Å². The number of thioether (sulfide) groups is 1. The van der Waals surface area contributed by atoms with Gasteiger partial charge in [0, 0.05) is 45.0 Å². The van der Waals surface area contributed by atoms with Gasteiger partial charge in [0.1, 0.15) is 0 Å². The number of ether oxygens (including phenoxy) is 1. The Kier molecular flexibility index (Phi) is 7.12. The van der Waals surface area contributed by atoms with Crippen molar-refractivity contribution in [1.29, 1.82) is 0 Å². The van der Waals surface area contributed by atoms with Gasteiger partial charge in [-0.25, -0.2) is 0 Å². The molecule has 2 aliphatic heterocycles. The van der Waals surface area contributed by atoms with Gasteiger partial charge in [-0.2, -0.15) is 0 Å². The zero-order valence-electron chi connectivity index (χ0n) is 17.6. The monoisotopic (exact) mass is 447 g/mol. The largest absolute Gasteiger partial charge is 0.376 e. The van der Waals surface area contributed by atoms with Crippen molar-refractivity contribution in [2.75, 3.05) is 55.3 Å². The fourth-order valence-electron chi connectivity index (χ4n) is 3.84. The van der Waals surface area contributed by atoms with E-state index in [0.29, 0.717) is 5.75 Å². The predicted molar refractivity (Wildman–Crippen MR) is 123 cm³/mol. The first-order chi connectivity index (χ1) is 14.6. The molecule has 1 aromatic heterocycles. The summed E-state index contributed by atoms with van der Waals surface area (Å²) in [5.41, 5.74) is 3.92. The van der Waals surface area contributed by atoms with E-state index < -0.39 is 0 Å². The molecule has 2 saturated heterocycles. The highest BCUT2D eigenvalue weighted by Crippen LogP contribution is 2.27. The van der Waals surface area contributed by atoms with Crippen molar-refractivity contribution in [3.8, 4) is 0 Å². The van der Waals surface area contributed by atoms with E-state index in [4.69, 9.17) is 4.74 Å². The molecular formula is C21H29N5O2S2. The summed E-state index contributed by atoms with van der Waals surface area (Å²) >= 11 is 2.97. The van der Waals surface area contributed by atoms with Crippen molar-refractivity contribution in [2.45, 2.75) is 37.1 Å². The first-order valence-electron chi connectivity index (χ1n) is 10.5. The number of amides is 1. The Morgan fingerprint density at radius 1 is 1.27 bits per heavy atom. The number of anilines is 2. The maximum atomic E-state index is 12.7. The van der Waals surface area contributed by atoms with Crippen molar-refractivity contribution in [3.63, 3.8) is 0 Å². The Morgan fingerprint density at radius 2 is 2.10 bits per heavy atom. The summed E-state index contributed by atoms with van der Waals surface area (Å²) in [7, 11) is 0. The molecule has 162 valence electrons. The fraction of sp³-hybridized carbons (Fsp3) is 0.571. The minimum atomic E-state index is 0.171. The number of carbonyl (C=O) groups excluding carboxylic acids is 1. The first-order valence-corrected chi connectivity index (χ1v) is 12.3. The van der Waals surface area contributed by atoms with Gasteiger partial charge in [0.05, 0.1) is 11.9 Å². The Morgan fingerprint density at radius 3 is 2.87 bits per heavy atom. The minimum absolute atomic E-state index is 0.171. The summed E-state index contributed by atoms with van der Waals surface area (Å²) in [5, 5.41) is 12.5. The van der Waals surface area contributed by atoms with E-state index in [9.17, 15) is 4.79 Å². The molecular weight excluding hydrogens is 418 g/mol. The third-order valence-corrected chi connectivity index (χ3v) is 7.78. The number of nitrogens with zero attached hydrogens (tertiary/aromatic N) is 4. The van der Waals surface area contributed by atoms with E-state index in [0.717, 1.165) is 61.6 Å². The van der Waals surface area contributed by atoms with Gasteiger partial charge in [-0.15, -0.1) is 10.2 Å². The SMILES string of the molecule is Cc1cccc(N2CCN(C(=O)CSc3nnc(NCC4CCCO4)s3)CC2)c1C. The molecule has 3 heterocycles. The van der Waals surface area contributed by atoms with Gasteiger partial charge in [0.25, 0.3) is 0 Å². The number of nitrogens with one attached hydrogen (secondary N) is 1. The molecule has 0 bridgehead atoms. The average molecular weight is 448 g/mol. The quantitative estimate of drug-likeness (QED) is 0.654. The van der Waals surface area contributed by atoms with Crippen molar-refractivity contribution in [3.05, 3.63) is 29.3 Å². The van der Waals surface area contributed by atoms with E-state index >= 15 is 0 Å². The second-order valence-electron chi connectivity index (χ2n) is 7.76. The second-order valence-corrected chi connectivity index (χ2v) is 9.96. The average Bonchev–Trinajstić information content (AvgIpc) is 3.44. The van der Waals surface area contributed by atoms with E-state index in [1.807, 2.05) is 4.90 Å². The Labute approximate surface area is 186 Å². The molecule has 9 heteroatoms. The lowest BCUT2D eigenvalue weighted by Gasteiger charge is -2.37. The van der Waals surface area contributed by atoms with Crippen LogP contribution in [0.3, 0.4) is 0 Å². The van der Waals surface area contributed by atoms with Crippen LogP contribution in [-0.4, -0.2) is 72.2 Å². The minimum Gasteiger partial charge on any atom is -0.376 e. The van der Waals surface area contributed by atoms with Crippen LogP contribution in [0, 0.1) is 13.8 Å². The Bertz CT molecular complexity index is 861. The highest BCUT2D eigenvalue weighted by Gasteiger charge is 2.23.